The van der Waals surface area contributed by atoms with Gasteiger partial charge in [-0.3, -0.25) is 0 Å². The van der Waals surface area contributed by atoms with Crippen molar-refractivity contribution in [2.24, 2.45) is 0 Å². The van der Waals surface area contributed by atoms with Gasteiger partial charge in [0.25, 0.3) is 0 Å². The average Bonchev–Trinajstić information content (AvgIpc) is 3.35. The number of imidazole rings is 1. The summed E-state index contributed by atoms with van der Waals surface area (Å²) in [6.45, 7) is 1.89. The number of fused-ring (bicyclic) bond motifs is 2. The summed E-state index contributed by atoms with van der Waals surface area (Å²) in [5.74, 6) is 0.953. The highest BCUT2D eigenvalue weighted by Crippen LogP contribution is 2.29. The minimum Gasteiger partial charge on any atom is -0.382 e. The van der Waals surface area contributed by atoms with E-state index < -0.39 is 0 Å². The second-order valence-electron chi connectivity index (χ2n) is 6.70. The number of hydrogen-bond donors (Lipinski definition) is 2. The van der Waals surface area contributed by atoms with Gasteiger partial charge in [0.05, 0.1) is 6.33 Å². The summed E-state index contributed by atoms with van der Waals surface area (Å²) in [5, 5.41) is 6.18. The Labute approximate surface area is 151 Å². The zero-order valence-corrected chi connectivity index (χ0v) is 14.4. The van der Waals surface area contributed by atoms with E-state index in [0.717, 1.165) is 36.5 Å². The van der Waals surface area contributed by atoms with Crippen LogP contribution in [0.3, 0.4) is 0 Å². The summed E-state index contributed by atoms with van der Waals surface area (Å²) >= 11 is 0. The van der Waals surface area contributed by atoms with Crippen LogP contribution in [0, 0.1) is 0 Å². The fourth-order valence-corrected chi connectivity index (χ4v) is 3.90. The first kappa shape index (κ1) is 15.1. The molecule has 130 valence electrons. The molecule has 0 saturated carbocycles. The lowest BCUT2D eigenvalue weighted by Gasteiger charge is -2.26. The quantitative estimate of drug-likeness (QED) is 0.592. The third-order valence-corrected chi connectivity index (χ3v) is 5.17. The molecule has 0 spiro atoms. The molecule has 4 aromatic rings. The van der Waals surface area contributed by atoms with Gasteiger partial charge in [-0.15, -0.1) is 0 Å². The maximum atomic E-state index is 4.53. The van der Waals surface area contributed by atoms with Crippen LogP contribution in [0.15, 0.2) is 55.1 Å². The van der Waals surface area contributed by atoms with E-state index in [2.05, 4.69) is 72.6 Å². The summed E-state index contributed by atoms with van der Waals surface area (Å²) in [7, 11) is 0. The fourth-order valence-electron chi connectivity index (χ4n) is 3.90. The Kier molecular flexibility index (Phi) is 3.66. The van der Waals surface area contributed by atoms with Crippen LogP contribution in [0.1, 0.15) is 12.8 Å². The van der Waals surface area contributed by atoms with Gasteiger partial charge < -0.3 is 15.2 Å². The Hall–Kier alpha value is -3.15. The zero-order valence-electron chi connectivity index (χ0n) is 14.4. The van der Waals surface area contributed by atoms with Gasteiger partial charge in [-0.2, -0.15) is 0 Å². The van der Waals surface area contributed by atoms with E-state index >= 15 is 0 Å². The van der Waals surface area contributed by atoms with Gasteiger partial charge in [0.1, 0.15) is 11.8 Å². The van der Waals surface area contributed by atoms with Crippen LogP contribution in [0.2, 0.25) is 0 Å². The third-order valence-electron chi connectivity index (χ3n) is 5.17. The van der Waals surface area contributed by atoms with E-state index in [9.17, 15) is 0 Å². The van der Waals surface area contributed by atoms with Crippen LogP contribution in [0.5, 0.6) is 0 Å². The normalized spacial score (nSPS) is 17.2. The van der Waals surface area contributed by atoms with Crippen molar-refractivity contribution < 1.29 is 0 Å². The lowest BCUT2D eigenvalue weighted by atomic mass is 10.1. The molecule has 3 heterocycles. The summed E-state index contributed by atoms with van der Waals surface area (Å²) in [6, 6.07) is 15.3. The first-order valence-electron chi connectivity index (χ1n) is 9.02. The summed E-state index contributed by atoms with van der Waals surface area (Å²) in [6.07, 6.45) is 5.60. The molecule has 1 aliphatic rings. The number of benzene rings is 2. The fraction of sp³-hybridized carbons (Fsp3) is 0.250. The van der Waals surface area contributed by atoms with Crippen molar-refractivity contribution in [2.45, 2.75) is 18.9 Å². The van der Waals surface area contributed by atoms with E-state index in [0.29, 0.717) is 6.04 Å². The Bertz CT molecular complexity index is 1050. The molecule has 26 heavy (non-hydrogen) atoms. The standard InChI is InChI=1S/C20H20N6/c1-2-8-16-14(5-1)6-3-9-17(16)21-11-15-7-4-10-26(15)20-18-19(23-12-22-18)24-13-25-20/h1-3,5-6,8-9,12-13,15,21H,4,7,10-11H2,(H,22,23,24,25)/t15-/m1/s1. The van der Waals surface area contributed by atoms with Gasteiger partial charge in [-0.1, -0.05) is 36.4 Å². The Morgan fingerprint density at radius 1 is 1.08 bits per heavy atom. The minimum absolute atomic E-state index is 0.398. The number of hydrogen-bond acceptors (Lipinski definition) is 5. The highest BCUT2D eigenvalue weighted by Gasteiger charge is 2.27. The number of aromatic nitrogens is 4. The Morgan fingerprint density at radius 3 is 3.00 bits per heavy atom. The molecule has 1 aliphatic heterocycles. The summed E-state index contributed by atoms with van der Waals surface area (Å²) in [5.41, 5.74) is 2.83. The molecule has 5 rings (SSSR count). The molecular formula is C20H20N6. The molecule has 0 bridgehead atoms. The molecule has 1 fully saturated rings. The molecule has 1 saturated heterocycles. The Balaban J connectivity index is 1.40. The van der Waals surface area contributed by atoms with Crippen LogP contribution in [0.4, 0.5) is 11.5 Å². The molecule has 0 aliphatic carbocycles. The van der Waals surface area contributed by atoms with Gasteiger partial charge in [0.2, 0.25) is 0 Å². The van der Waals surface area contributed by atoms with Crippen LogP contribution in [-0.4, -0.2) is 39.1 Å². The van der Waals surface area contributed by atoms with E-state index in [-0.39, 0.29) is 0 Å². The van der Waals surface area contributed by atoms with Gasteiger partial charge in [0.15, 0.2) is 11.5 Å². The van der Waals surface area contributed by atoms with Gasteiger partial charge in [0, 0.05) is 30.2 Å². The number of nitrogens with zero attached hydrogens (tertiary/aromatic N) is 4. The van der Waals surface area contributed by atoms with E-state index in [1.807, 2.05) is 0 Å². The molecule has 2 aromatic heterocycles. The summed E-state index contributed by atoms with van der Waals surface area (Å²) < 4.78 is 0. The highest BCUT2D eigenvalue weighted by atomic mass is 15.3. The minimum atomic E-state index is 0.398. The molecule has 2 N–H and O–H groups in total. The number of rotatable bonds is 4. The first-order valence-corrected chi connectivity index (χ1v) is 9.02. The van der Waals surface area contributed by atoms with Gasteiger partial charge in [-0.25, -0.2) is 15.0 Å². The van der Waals surface area contributed by atoms with Gasteiger partial charge >= 0.3 is 0 Å². The maximum Gasteiger partial charge on any atom is 0.182 e. The molecule has 6 heteroatoms. The predicted molar refractivity (Wildman–Crippen MR) is 104 cm³/mol. The van der Waals surface area contributed by atoms with Crippen molar-refractivity contribution in [3.63, 3.8) is 0 Å². The van der Waals surface area contributed by atoms with Crippen LogP contribution in [-0.2, 0) is 0 Å². The van der Waals surface area contributed by atoms with E-state index in [1.165, 1.54) is 22.9 Å². The maximum absolute atomic E-state index is 4.53. The van der Waals surface area contributed by atoms with Gasteiger partial charge in [-0.05, 0) is 24.3 Å². The van der Waals surface area contributed by atoms with E-state index in [1.54, 1.807) is 12.7 Å². The molecule has 6 nitrogen and oxygen atoms in total. The molecule has 2 aromatic carbocycles. The first-order chi connectivity index (χ1) is 12.9. The predicted octanol–water partition coefficient (Wildman–Crippen LogP) is 3.59. The largest absolute Gasteiger partial charge is 0.382 e. The van der Waals surface area contributed by atoms with Crippen molar-refractivity contribution in [3.05, 3.63) is 55.1 Å². The monoisotopic (exact) mass is 344 g/mol. The van der Waals surface area contributed by atoms with Crippen LogP contribution in [0.25, 0.3) is 21.9 Å². The zero-order chi connectivity index (χ0) is 17.3. The number of aromatic amines is 1. The average molecular weight is 344 g/mol. The van der Waals surface area contributed by atoms with Crippen LogP contribution < -0.4 is 10.2 Å². The number of nitrogens with one attached hydrogen (secondary N) is 2. The highest BCUT2D eigenvalue weighted by molar-refractivity contribution is 5.93. The number of anilines is 2. The number of H-pyrrole nitrogens is 1. The molecule has 0 unspecified atom stereocenters. The topological polar surface area (TPSA) is 69.7 Å². The van der Waals surface area contributed by atoms with Crippen LogP contribution >= 0.6 is 0 Å². The second-order valence-corrected chi connectivity index (χ2v) is 6.70. The molecule has 0 amide bonds. The lowest BCUT2D eigenvalue weighted by Crippen LogP contribution is -2.35. The van der Waals surface area contributed by atoms with Crippen molar-refractivity contribution in [1.29, 1.82) is 0 Å². The van der Waals surface area contributed by atoms with Crippen molar-refractivity contribution >= 4 is 33.4 Å². The molecule has 1 atom stereocenters. The van der Waals surface area contributed by atoms with E-state index in [4.69, 9.17) is 0 Å². The smallest absolute Gasteiger partial charge is 0.182 e. The third kappa shape index (κ3) is 2.54. The molecule has 0 radical (unpaired) electrons. The van der Waals surface area contributed by atoms with Crippen molar-refractivity contribution in [1.82, 2.24) is 19.9 Å². The van der Waals surface area contributed by atoms with Crippen molar-refractivity contribution in [3.8, 4) is 0 Å². The SMILES string of the molecule is c1ccc2c(NC[C@H]3CCCN3c3ncnc4nc[nH]c34)cccc2c1. The summed E-state index contributed by atoms with van der Waals surface area (Å²) in [4.78, 5) is 18.6. The lowest BCUT2D eigenvalue weighted by molar-refractivity contribution is 0.692. The Morgan fingerprint density at radius 2 is 2.00 bits per heavy atom. The van der Waals surface area contributed by atoms with Crippen molar-refractivity contribution in [2.75, 3.05) is 23.3 Å². The second kappa shape index (κ2) is 6.29. The molecular weight excluding hydrogens is 324 g/mol.